The predicted molar refractivity (Wildman–Crippen MR) is 78.5 cm³/mol. The van der Waals surface area contributed by atoms with E-state index in [9.17, 15) is 0 Å². The fourth-order valence-electron chi connectivity index (χ4n) is 2.19. The van der Waals surface area contributed by atoms with Gasteiger partial charge in [0.1, 0.15) is 10.8 Å². The van der Waals surface area contributed by atoms with Crippen molar-refractivity contribution in [3.05, 3.63) is 35.0 Å². The van der Waals surface area contributed by atoms with E-state index in [4.69, 9.17) is 18.0 Å². The smallest absolute Gasteiger partial charge is 0.171 e. The molecule has 2 rings (SSSR count). The number of rotatable bonds is 4. The molecule has 2 aromatic rings. The van der Waals surface area contributed by atoms with E-state index in [-0.39, 0.29) is 0 Å². The van der Waals surface area contributed by atoms with E-state index < -0.39 is 0 Å². The predicted octanol–water partition coefficient (Wildman–Crippen LogP) is 1.73. The molecule has 2 heterocycles. The molecule has 0 aliphatic rings. The van der Waals surface area contributed by atoms with Gasteiger partial charge in [0, 0.05) is 12.4 Å². The van der Waals surface area contributed by atoms with Crippen LogP contribution in [0.4, 0.5) is 0 Å². The number of hydrogen-bond acceptors (Lipinski definition) is 4. The van der Waals surface area contributed by atoms with E-state index in [2.05, 4.69) is 29.0 Å². The highest BCUT2D eigenvalue weighted by Gasteiger charge is 2.18. The Morgan fingerprint density at radius 2 is 2.05 bits per heavy atom. The fraction of sp³-hybridized carbons (Fsp3) is 0.385. The first kappa shape index (κ1) is 13.6. The lowest BCUT2D eigenvalue weighted by Crippen LogP contribution is -2.20. The Hall–Kier alpha value is -1.82. The number of aromatic nitrogens is 4. The molecule has 0 fully saturated rings. The van der Waals surface area contributed by atoms with Crippen molar-refractivity contribution in [2.45, 2.75) is 33.6 Å². The zero-order valence-corrected chi connectivity index (χ0v) is 12.2. The van der Waals surface area contributed by atoms with Gasteiger partial charge in [0.05, 0.1) is 11.3 Å². The average molecular weight is 275 g/mol. The van der Waals surface area contributed by atoms with Crippen molar-refractivity contribution in [2.75, 3.05) is 0 Å². The van der Waals surface area contributed by atoms with Gasteiger partial charge in [-0.1, -0.05) is 26.1 Å². The summed E-state index contributed by atoms with van der Waals surface area (Å²) >= 11 is 5.20. The second-order valence-electron chi connectivity index (χ2n) is 4.24. The number of hydrogen-bond donors (Lipinski definition) is 1. The lowest BCUT2D eigenvalue weighted by molar-refractivity contribution is 0.819. The van der Waals surface area contributed by atoms with Crippen LogP contribution in [-0.4, -0.2) is 24.7 Å². The highest BCUT2D eigenvalue weighted by Crippen LogP contribution is 2.21. The molecule has 0 radical (unpaired) electrons. The van der Waals surface area contributed by atoms with Crippen molar-refractivity contribution in [1.29, 1.82) is 0 Å². The summed E-state index contributed by atoms with van der Waals surface area (Å²) in [6, 6.07) is 0. The van der Waals surface area contributed by atoms with Crippen molar-refractivity contribution in [3.8, 4) is 5.82 Å². The van der Waals surface area contributed by atoms with Crippen molar-refractivity contribution in [1.82, 2.24) is 19.7 Å². The summed E-state index contributed by atoms with van der Waals surface area (Å²) in [6.07, 6.45) is 5.20. The molecule has 0 unspecified atom stereocenters. The Morgan fingerprint density at radius 1 is 1.32 bits per heavy atom. The molecule has 100 valence electrons. The van der Waals surface area contributed by atoms with Crippen molar-refractivity contribution < 1.29 is 0 Å². The highest BCUT2D eigenvalue weighted by molar-refractivity contribution is 7.80. The molecule has 5 nitrogen and oxygen atoms in total. The summed E-state index contributed by atoms with van der Waals surface area (Å²) < 4.78 is 1.86. The lowest BCUT2D eigenvalue weighted by Gasteiger charge is -2.15. The summed E-state index contributed by atoms with van der Waals surface area (Å²) in [7, 11) is 0. The van der Waals surface area contributed by atoms with Gasteiger partial charge in [0.25, 0.3) is 0 Å². The molecule has 2 N–H and O–H groups in total. The quantitative estimate of drug-likeness (QED) is 0.861. The summed E-state index contributed by atoms with van der Waals surface area (Å²) in [5.41, 5.74) is 8.74. The van der Waals surface area contributed by atoms with Crippen LogP contribution in [0.3, 0.4) is 0 Å². The summed E-state index contributed by atoms with van der Waals surface area (Å²) in [5, 5.41) is 8.58. The van der Waals surface area contributed by atoms with E-state index in [0.29, 0.717) is 10.8 Å². The van der Waals surface area contributed by atoms with E-state index in [1.54, 1.807) is 6.20 Å². The monoisotopic (exact) mass is 275 g/mol. The molecule has 19 heavy (non-hydrogen) atoms. The molecule has 0 aliphatic carbocycles. The number of nitrogens with zero attached hydrogens (tertiary/aromatic N) is 4. The second kappa shape index (κ2) is 5.44. The van der Waals surface area contributed by atoms with E-state index in [1.807, 2.05) is 17.7 Å². The third-order valence-electron chi connectivity index (χ3n) is 3.13. The normalized spacial score (nSPS) is 10.7. The molecule has 0 amide bonds. The van der Waals surface area contributed by atoms with Crippen molar-refractivity contribution in [2.24, 2.45) is 5.73 Å². The van der Waals surface area contributed by atoms with Gasteiger partial charge in [-0.15, -0.1) is 5.10 Å². The Kier molecular flexibility index (Phi) is 3.90. The summed E-state index contributed by atoms with van der Waals surface area (Å²) in [4.78, 5) is 4.55. The molecule has 0 saturated heterocycles. The standard InChI is InChI=1S/C13H17N5S/c1-4-9-10(5-2)16-17-13(11(9)12(14)19)18-7-6-15-8(18)3/h6-7H,4-5H2,1-3H3,(H2,14,19). The molecule has 6 heteroatoms. The largest absolute Gasteiger partial charge is 0.389 e. The maximum Gasteiger partial charge on any atom is 0.171 e. The highest BCUT2D eigenvalue weighted by atomic mass is 32.1. The molecule has 0 bridgehead atoms. The van der Waals surface area contributed by atoms with Crippen LogP contribution < -0.4 is 5.73 Å². The summed E-state index contributed by atoms with van der Waals surface area (Å²) in [5.74, 6) is 1.50. The van der Waals surface area contributed by atoms with Gasteiger partial charge in [-0.3, -0.25) is 4.57 Å². The maximum absolute atomic E-state index is 5.90. The van der Waals surface area contributed by atoms with Gasteiger partial charge < -0.3 is 5.73 Å². The van der Waals surface area contributed by atoms with Gasteiger partial charge in [-0.25, -0.2) is 4.98 Å². The minimum Gasteiger partial charge on any atom is -0.389 e. The first-order valence-corrected chi connectivity index (χ1v) is 6.69. The topological polar surface area (TPSA) is 69.6 Å². The lowest BCUT2D eigenvalue weighted by atomic mass is 10.0. The van der Waals surface area contributed by atoms with Crippen LogP contribution in [0.2, 0.25) is 0 Å². The molecule has 0 saturated carbocycles. The number of imidazole rings is 1. The Bertz CT molecular complexity index is 617. The maximum atomic E-state index is 5.90. The molecule has 0 atom stereocenters. The van der Waals surface area contributed by atoms with E-state index in [0.717, 1.165) is 35.5 Å². The molecular formula is C13H17N5S. The van der Waals surface area contributed by atoms with Crippen LogP contribution in [-0.2, 0) is 12.8 Å². The summed E-state index contributed by atoms with van der Waals surface area (Å²) in [6.45, 7) is 6.03. The van der Waals surface area contributed by atoms with Crippen LogP contribution in [0.1, 0.15) is 36.5 Å². The molecule has 0 spiro atoms. The molecular weight excluding hydrogens is 258 g/mol. The average Bonchev–Trinajstić information content (AvgIpc) is 2.82. The molecule has 0 aliphatic heterocycles. The third kappa shape index (κ3) is 2.35. The Morgan fingerprint density at radius 3 is 2.53 bits per heavy atom. The van der Waals surface area contributed by atoms with Crippen LogP contribution in [0.5, 0.6) is 0 Å². The molecule has 0 aromatic carbocycles. The Balaban J connectivity index is 2.75. The first-order valence-electron chi connectivity index (χ1n) is 6.28. The fourth-order valence-corrected chi connectivity index (χ4v) is 2.41. The van der Waals surface area contributed by atoms with Crippen molar-refractivity contribution in [3.63, 3.8) is 0 Å². The Labute approximate surface area is 117 Å². The van der Waals surface area contributed by atoms with Gasteiger partial charge in [-0.05, 0) is 25.3 Å². The van der Waals surface area contributed by atoms with Crippen LogP contribution in [0, 0.1) is 6.92 Å². The van der Waals surface area contributed by atoms with Crippen LogP contribution >= 0.6 is 12.2 Å². The number of nitrogens with two attached hydrogens (primary N) is 1. The third-order valence-corrected chi connectivity index (χ3v) is 3.33. The first-order chi connectivity index (χ1) is 9.10. The van der Waals surface area contributed by atoms with Crippen LogP contribution in [0.25, 0.3) is 5.82 Å². The van der Waals surface area contributed by atoms with Gasteiger partial charge in [-0.2, -0.15) is 5.10 Å². The zero-order chi connectivity index (χ0) is 14.0. The SMILES string of the molecule is CCc1nnc(-n2ccnc2C)c(C(N)=S)c1CC. The van der Waals surface area contributed by atoms with Gasteiger partial charge >= 0.3 is 0 Å². The minimum atomic E-state index is 0.351. The van der Waals surface area contributed by atoms with E-state index >= 15 is 0 Å². The number of thiocarbonyl (C=S) groups is 1. The van der Waals surface area contributed by atoms with Crippen LogP contribution in [0.15, 0.2) is 12.4 Å². The van der Waals surface area contributed by atoms with Gasteiger partial charge in [0.15, 0.2) is 5.82 Å². The zero-order valence-electron chi connectivity index (χ0n) is 11.3. The minimum absolute atomic E-state index is 0.351. The molecule has 2 aromatic heterocycles. The van der Waals surface area contributed by atoms with Gasteiger partial charge in [0.2, 0.25) is 0 Å². The second-order valence-corrected chi connectivity index (χ2v) is 4.68. The number of aryl methyl sites for hydroxylation is 2. The van der Waals surface area contributed by atoms with E-state index in [1.165, 1.54) is 0 Å². The van der Waals surface area contributed by atoms with Crippen molar-refractivity contribution >= 4 is 17.2 Å².